The molecular formula is C11H22N2O2. The monoisotopic (exact) mass is 214 g/mol. The first-order valence-corrected chi connectivity index (χ1v) is 5.55. The predicted molar refractivity (Wildman–Crippen MR) is 59.7 cm³/mol. The number of nitrogens with one attached hydrogen (secondary N) is 2. The van der Waals surface area contributed by atoms with Crippen LogP contribution in [0.4, 0.5) is 0 Å². The summed E-state index contributed by atoms with van der Waals surface area (Å²) in [6, 6.07) is 0.266. The summed E-state index contributed by atoms with van der Waals surface area (Å²) >= 11 is 0. The van der Waals surface area contributed by atoms with Gasteiger partial charge in [0.1, 0.15) is 0 Å². The van der Waals surface area contributed by atoms with Gasteiger partial charge >= 0.3 is 0 Å². The lowest BCUT2D eigenvalue weighted by molar-refractivity contribution is -0.123. The minimum atomic E-state index is 0.0561. The van der Waals surface area contributed by atoms with Crippen molar-refractivity contribution in [3.8, 4) is 0 Å². The Hall–Kier alpha value is -0.610. The zero-order chi connectivity index (χ0) is 11.3. The van der Waals surface area contributed by atoms with Gasteiger partial charge in [0.25, 0.3) is 0 Å². The summed E-state index contributed by atoms with van der Waals surface area (Å²) in [6.45, 7) is 9.19. The fourth-order valence-electron chi connectivity index (χ4n) is 1.53. The second kappa shape index (κ2) is 5.47. The van der Waals surface area contributed by atoms with Gasteiger partial charge in [-0.25, -0.2) is 0 Å². The van der Waals surface area contributed by atoms with Crippen molar-refractivity contribution < 1.29 is 9.53 Å². The van der Waals surface area contributed by atoms with Crippen LogP contribution in [0.5, 0.6) is 0 Å². The quantitative estimate of drug-likeness (QED) is 0.720. The summed E-state index contributed by atoms with van der Waals surface area (Å²) in [6.07, 6.45) is 0.570. The van der Waals surface area contributed by atoms with Crippen LogP contribution in [0.25, 0.3) is 0 Å². The van der Waals surface area contributed by atoms with E-state index in [4.69, 9.17) is 4.74 Å². The molecule has 0 bridgehead atoms. The average molecular weight is 214 g/mol. The Morgan fingerprint density at radius 2 is 2.27 bits per heavy atom. The van der Waals surface area contributed by atoms with Gasteiger partial charge in [-0.15, -0.1) is 0 Å². The van der Waals surface area contributed by atoms with Crippen LogP contribution in [-0.4, -0.2) is 38.3 Å². The predicted octanol–water partition coefficient (Wildman–Crippen LogP) is 0.527. The van der Waals surface area contributed by atoms with Crippen LogP contribution in [0.2, 0.25) is 0 Å². The van der Waals surface area contributed by atoms with Gasteiger partial charge in [0.05, 0.1) is 13.2 Å². The van der Waals surface area contributed by atoms with Gasteiger partial charge < -0.3 is 15.4 Å². The van der Waals surface area contributed by atoms with Crippen molar-refractivity contribution in [2.24, 2.45) is 5.41 Å². The molecule has 88 valence electrons. The molecule has 2 N–H and O–H groups in total. The third kappa shape index (κ3) is 5.74. The van der Waals surface area contributed by atoms with E-state index in [-0.39, 0.29) is 17.4 Å². The number of ether oxygens (including phenoxy) is 1. The van der Waals surface area contributed by atoms with Gasteiger partial charge in [-0.2, -0.15) is 0 Å². The molecule has 4 heteroatoms. The highest BCUT2D eigenvalue weighted by Crippen LogP contribution is 2.17. The average Bonchev–Trinajstić information content (AvgIpc) is 2.14. The molecule has 1 aliphatic rings. The third-order valence-corrected chi connectivity index (χ3v) is 2.23. The molecule has 0 radical (unpaired) electrons. The minimum Gasteiger partial charge on any atom is -0.378 e. The summed E-state index contributed by atoms with van der Waals surface area (Å²) in [4.78, 5) is 11.5. The van der Waals surface area contributed by atoms with Crippen LogP contribution >= 0.6 is 0 Å². The largest absolute Gasteiger partial charge is 0.378 e. The first-order chi connectivity index (χ1) is 6.97. The molecule has 1 atom stereocenters. The van der Waals surface area contributed by atoms with E-state index < -0.39 is 0 Å². The number of hydrogen-bond acceptors (Lipinski definition) is 3. The van der Waals surface area contributed by atoms with E-state index in [1.165, 1.54) is 0 Å². The van der Waals surface area contributed by atoms with Crippen LogP contribution in [0, 0.1) is 5.41 Å². The number of amides is 1. The van der Waals surface area contributed by atoms with E-state index in [2.05, 4.69) is 31.4 Å². The zero-order valence-electron chi connectivity index (χ0n) is 9.93. The van der Waals surface area contributed by atoms with E-state index >= 15 is 0 Å². The van der Waals surface area contributed by atoms with Crippen LogP contribution in [0.3, 0.4) is 0 Å². The van der Waals surface area contributed by atoms with E-state index in [1.807, 2.05) is 0 Å². The standard InChI is InChI=1S/C11H22N2O2/c1-11(2,3)6-10(14)13-7-9-8-15-5-4-12-9/h9,12H,4-8H2,1-3H3,(H,13,14). The molecule has 1 aliphatic heterocycles. The second-order valence-corrected chi connectivity index (χ2v) is 5.27. The minimum absolute atomic E-state index is 0.0561. The maximum Gasteiger partial charge on any atom is 0.220 e. The molecule has 1 fully saturated rings. The van der Waals surface area contributed by atoms with E-state index in [0.29, 0.717) is 19.6 Å². The molecule has 1 saturated heterocycles. The van der Waals surface area contributed by atoms with Crippen molar-refractivity contribution in [3.63, 3.8) is 0 Å². The Morgan fingerprint density at radius 1 is 1.53 bits per heavy atom. The second-order valence-electron chi connectivity index (χ2n) is 5.27. The molecule has 1 heterocycles. The van der Waals surface area contributed by atoms with E-state index in [1.54, 1.807) is 0 Å². The highest BCUT2D eigenvalue weighted by atomic mass is 16.5. The Morgan fingerprint density at radius 3 is 2.80 bits per heavy atom. The van der Waals surface area contributed by atoms with Crippen molar-refractivity contribution in [3.05, 3.63) is 0 Å². The normalized spacial score (nSPS) is 22.5. The molecule has 1 amide bonds. The van der Waals surface area contributed by atoms with Crippen molar-refractivity contribution in [1.82, 2.24) is 10.6 Å². The van der Waals surface area contributed by atoms with Crippen LogP contribution < -0.4 is 10.6 Å². The van der Waals surface area contributed by atoms with Crippen molar-refractivity contribution in [2.45, 2.75) is 33.2 Å². The number of hydrogen-bond donors (Lipinski definition) is 2. The van der Waals surface area contributed by atoms with Gasteiger partial charge in [0.2, 0.25) is 5.91 Å². The summed E-state index contributed by atoms with van der Waals surface area (Å²) in [5.41, 5.74) is 0.0561. The molecule has 0 aromatic carbocycles. The summed E-state index contributed by atoms with van der Waals surface area (Å²) in [5, 5.41) is 6.23. The van der Waals surface area contributed by atoms with E-state index in [0.717, 1.165) is 13.2 Å². The fourth-order valence-corrected chi connectivity index (χ4v) is 1.53. The number of morpholine rings is 1. The van der Waals surface area contributed by atoms with Crippen LogP contribution in [0.1, 0.15) is 27.2 Å². The van der Waals surface area contributed by atoms with Crippen LogP contribution in [-0.2, 0) is 9.53 Å². The maximum absolute atomic E-state index is 11.5. The number of carbonyl (C=O) groups is 1. The molecule has 0 spiro atoms. The first kappa shape index (κ1) is 12.5. The SMILES string of the molecule is CC(C)(C)CC(=O)NCC1COCCN1. The van der Waals surface area contributed by atoms with Gasteiger partial charge in [-0.1, -0.05) is 20.8 Å². The molecular weight excluding hydrogens is 192 g/mol. The summed E-state index contributed by atoms with van der Waals surface area (Å²) in [7, 11) is 0. The molecule has 15 heavy (non-hydrogen) atoms. The number of carbonyl (C=O) groups excluding carboxylic acids is 1. The molecule has 1 rings (SSSR count). The summed E-state index contributed by atoms with van der Waals surface area (Å²) < 4.78 is 5.30. The van der Waals surface area contributed by atoms with Gasteiger partial charge in [-0.05, 0) is 5.41 Å². The van der Waals surface area contributed by atoms with Crippen molar-refractivity contribution >= 4 is 5.91 Å². The lowest BCUT2D eigenvalue weighted by Crippen LogP contribution is -2.48. The fraction of sp³-hybridized carbons (Fsp3) is 0.909. The highest BCUT2D eigenvalue weighted by molar-refractivity contribution is 5.76. The Kier molecular flexibility index (Phi) is 4.54. The topological polar surface area (TPSA) is 50.4 Å². The van der Waals surface area contributed by atoms with E-state index in [9.17, 15) is 4.79 Å². The molecule has 0 aromatic rings. The number of rotatable bonds is 3. The maximum atomic E-state index is 11.5. The smallest absolute Gasteiger partial charge is 0.220 e. The Labute approximate surface area is 91.8 Å². The van der Waals surface area contributed by atoms with Crippen molar-refractivity contribution in [1.29, 1.82) is 0 Å². The lowest BCUT2D eigenvalue weighted by atomic mass is 9.92. The van der Waals surface area contributed by atoms with Gasteiger partial charge in [0.15, 0.2) is 0 Å². The lowest BCUT2D eigenvalue weighted by Gasteiger charge is -2.25. The van der Waals surface area contributed by atoms with Gasteiger partial charge in [0, 0.05) is 25.6 Å². The molecule has 0 aromatic heterocycles. The molecule has 0 aliphatic carbocycles. The highest BCUT2D eigenvalue weighted by Gasteiger charge is 2.18. The van der Waals surface area contributed by atoms with Gasteiger partial charge in [-0.3, -0.25) is 4.79 Å². The molecule has 4 nitrogen and oxygen atoms in total. The van der Waals surface area contributed by atoms with Crippen molar-refractivity contribution in [2.75, 3.05) is 26.3 Å². The zero-order valence-corrected chi connectivity index (χ0v) is 9.93. The Bertz CT molecular complexity index is 205. The van der Waals surface area contributed by atoms with Crippen LogP contribution in [0.15, 0.2) is 0 Å². The molecule has 0 saturated carbocycles. The summed E-state index contributed by atoms with van der Waals surface area (Å²) in [5.74, 6) is 0.120. The molecule has 1 unspecified atom stereocenters. The third-order valence-electron chi connectivity index (χ3n) is 2.23. The Balaban J connectivity index is 2.15. The first-order valence-electron chi connectivity index (χ1n) is 5.55.